The molecule has 1 aromatic carbocycles. The summed E-state index contributed by atoms with van der Waals surface area (Å²) < 4.78 is 11.4. The van der Waals surface area contributed by atoms with E-state index in [1.54, 1.807) is 11.2 Å². The largest absolute Gasteiger partial charge is 0.373 e. The van der Waals surface area contributed by atoms with Crippen LogP contribution >= 0.6 is 0 Å². The van der Waals surface area contributed by atoms with Crippen LogP contribution in [0.2, 0.25) is 0 Å². The maximum Gasteiger partial charge on any atom is 0.255 e. The molecule has 0 aliphatic carbocycles. The Morgan fingerprint density at radius 2 is 1.97 bits per heavy atom. The molecule has 1 saturated heterocycles. The van der Waals surface area contributed by atoms with Crippen LogP contribution in [0.15, 0.2) is 38.8 Å². The Hall–Kier alpha value is -3.07. The number of ether oxygens (including phenoxy) is 1. The van der Waals surface area contributed by atoms with E-state index in [0.717, 1.165) is 12.0 Å². The van der Waals surface area contributed by atoms with Crippen molar-refractivity contribution in [1.82, 2.24) is 19.9 Å². The van der Waals surface area contributed by atoms with Gasteiger partial charge >= 0.3 is 0 Å². The van der Waals surface area contributed by atoms with Gasteiger partial charge in [0.2, 0.25) is 5.89 Å². The molecule has 0 N–H and O–H groups in total. The Morgan fingerprint density at radius 3 is 2.79 bits per heavy atom. The first-order valence-electron chi connectivity index (χ1n) is 9.68. The summed E-state index contributed by atoms with van der Waals surface area (Å²) in [6.07, 6.45) is 3.63. The van der Waals surface area contributed by atoms with Gasteiger partial charge in [0.25, 0.3) is 5.91 Å². The van der Waals surface area contributed by atoms with Crippen LogP contribution in [-0.4, -0.2) is 64.4 Å². The van der Waals surface area contributed by atoms with Crippen molar-refractivity contribution in [1.29, 1.82) is 0 Å². The number of hydrogen-bond acceptors (Lipinski definition) is 8. The van der Waals surface area contributed by atoms with Crippen LogP contribution in [0.4, 0.5) is 0 Å². The molecule has 0 spiro atoms. The summed E-state index contributed by atoms with van der Waals surface area (Å²) in [6.45, 7) is 2.81. The third-order valence-electron chi connectivity index (χ3n) is 5.62. The highest BCUT2D eigenvalue weighted by molar-refractivity contribution is 5.96. The first-order valence-corrected chi connectivity index (χ1v) is 9.68. The zero-order chi connectivity index (χ0) is 20.0. The predicted molar refractivity (Wildman–Crippen MR) is 104 cm³/mol. The van der Waals surface area contributed by atoms with Gasteiger partial charge in [-0.1, -0.05) is 35.0 Å². The Morgan fingerprint density at radius 1 is 1.17 bits per heavy atom. The van der Waals surface area contributed by atoms with Crippen molar-refractivity contribution in [3.8, 4) is 0 Å². The van der Waals surface area contributed by atoms with Crippen LogP contribution in [0, 0.1) is 6.92 Å². The molecule has 9 heteroatoms. The maximum absolute atomic E-state index is 12.7. The van der Waals surface area contributed by atoms with Gasteiger partial charge in [0, 0.05) is 13.0 Å². The van der Waals surface area contributed by atoms with Gasteiger partial charge in [0.15, 0.2) is 18.0 Å². The highest BCUT2D eigenvalue weighted by atomic mass is 16.5. The number of carbonyl (C=O) groups is 1. The van der Waals surface area contributed by atoms with Gasteiger partial charge in [-0.15, -0.1) is 0 Å². The molecule has 0 radical (unpaired) electrons. The topological polar surface area (TPSA) is 96.4 Å². The highest BCUT2D eigenvalue weighted by Crippen LogP contribution is 2.37. The van der Waals surface area contributed by atoms with Gasteiger partial charge in [-0.2, -0.15) is 4.98 Å². The number of amides is 1. The molecule has 150 valence electrons. The Bertz CT molecular complexity index is 969. The van der Waals surface area contributed by atoms with E-state index in [9.17, 15) is 4.79 Å². The van der Waals surface area contributed by atoms with Crippen LogP contribution in [0.5, 0.6) is 0 Å². The van der Waals surface area contributed by atoms with Crippen molar-refractivity contribution >= 4 is 18.6 Å². The number of hydrogen-bond donors (Lipinski definition) is 0. The monoisotopic (exact) mass is 394 g/mol. The summed E-state index contributed by atoms with van der Waals surface area (Å²) >= 11 is 0. The third kappa shape index (κ3) is 3.31. The minimum Gasteiger partial charge on any atom is -0.373 e. The normalized spacial score (nSPS) is 28.4. The van der Waals surface area contributed by atoms with E-state index in [0.29, 0.717) is 18.3 Å². The van der Waals surface area contributed by atoms with Gasteiger partial charge < -0.3 is 14.2 Å². The summed E-state index contributed by atoms with van der Waals surface area (Å²) in [5.74, 6) is 1.01. The van der Waals surface area contributed by atoms with Crippen molar-refractivity contribution < 1.29 is 14.1 Å². The predicted octanol–water partition coefficient (Wildman–Crippen LogP) is 1.66. The summed E-state index contributed by atoms with van der Waals surface area (Å²) in [4.78, 5) is 29.0. The molecule has 2 aromatic rings. The van der Waals surface area contributed by atoms with Crippen LogP contribution in [0.3, 0.4) is 0 Å². The molecule has 1 fully saturated rings. The summed E-state index contributed by atoms with van der Waals surface area (Å²) in [6, 6.07) is 7.98. The van der Waals surface area contributed by atoms with Crippen LogP contribution in [-0.2, 0) is 16.1 Å². The lowest BCUT2D eigenvalue weighted by atomic mass is 9.99. The molecule has 0 bridgehead atoms. The standard InChI is InChI=1S/C20H22N6O3/c1-12-3-5-13(6-4-12)15-7-14(9-28-15)18-23-16(29-24-18)8-26-11-22-19-17(20(26)27)25(2)10-21-19/h3-6,10-11,14-15,17,19H,7-9H2,1-2H3/t14-,15+,17?,19?/m0/s1. The third-order valence-corrected chi connectivity index (χ3v) is 5.62. The lowest BCUT2D eigenvalue weighted by Gasteiger charge is -2.29. The summed E-state index contributed by atoms with van der Waals surface area (Å²) in [5.41, 5.74) is 2.39. The van der Waals surface area contributed by atoms with Crippen molar-refractivity contribution in [2.45, 2.75) is 44.1 Å². The molecular weight excluding hydrogens is 372 g/mol. The van der Waals surface area contributed by atoms with E-state index < -0.39 is 6.04 Å². The molecule has 0 saturated carbocycles. The van der Waals surface area contributed by atoms with E-state index in [4.69, 9.17) is 9.26 Å². The maximum atomic E-state index is 12.7. The average Bonchev–Trinajstić information content (AvgIpc) is 3.45. The van der Waals surface area contributed by atoms with Gasteiger partial charge in [0.05, 0.1) is 25.4 Å². The van der Waals surface area contributed by atoms with E-state index >= 15 is 0 Å². The Labute approximate surface area is 168 Å². The van der Waals surface area contributed by atoms with Crippen molar-refractivity contribution in [2.24, 2.45) is 9.98 Å². The van der Waals surface area contributed by atoms with Crippen molar-refractivity contribution in [2.75, 3.05) is 13.7 Å². The summed E-state index contributed by atoms with van der Waals surface area (Å²) in [5, 5.41) is 4.13. The second kappa shape index (κ2) is 7.07. The first kappa shape index (κ1) is 18.0. The molecular formula is C20H22N6O3. The van der Waals surface area contributed by atoms with Crippen LogP contribution in [0.1, 0.15) is 41.3 Å². The molecule has 4 heterocycles. The molecule has 3 aliphatic rings. The van der Waals surface area contributed by atoms with Gasteiger partial charge in [-0.3, -0.25) is 9.69 Å². The minimum absolute atomic E-state index is 0.0354. The van der Waals surface area contributed by atoms with E-state index in [1.807, 2.05) is 7.05 Å². The smallest absolute Gasteiger partial charge is 0.255 e. The van der Waals surface area contributed by atoms with Gasteiger partial charge in [-0.25, -0.2) is 9.98 Å². The molecule has 3 aliphatic heterocycles. The Balaban J connectivity index is 1.24. The average molecular weight is 394 g/mol. The van der Waals surface area contributed by atoms with Crippen molar-refractivity contribution in [3.05, 3.63) is 47.1 Å². The second-order valence-electron chi connectivity index (χ2n) is 7.73. The number of fused-ring (bicyclic) bond motifs is 1. The number of likely N-dealkylation sites (N-methyl/N-ethyl adjacent to an activating group) is 1. The quantitative estimate of drug-likeness (QED) is 0.783. The van der Waals surface area contributed by atoms with Crippen LogP contribution in [0.25, 0.3) is 0 Å². The van der Waals surface area contributed by atoms with E-state index in [-0.39, 0.29) is 30.6 Å². The number of benzene rings is 1. The molecule has 5 rings (SSSR count). The second-order valence-corrected chi connectivity index (χ2v) is 7.73. The Kier molecular flexibility index (Phi) is 4.39. The van der Waals surface area contributed by atoms with Crippen molar-refractivity contribution in [3.63, 3.8) is 0 Å². The molecule has 29 heavy (non-hydrogen) atoms. The lowest BCUT2D eigenvalue weighted by molar-refractivity contribution is -0.132. The fourth-order valence-electron chi connectivity index (χ4n) is 3.92. The first-order chi connectivity index (χ1) is 14.1. The SMILES string of the molecule is Cc1ccc([C@H]2C[C@H](c3noc(CN4C=NC5N=CN(C)C5C4=O)n3)CO2)cc1. The van der Waals surface area contributed by atoms with Gasteiger partial charge in [0.1, 0.15) is 6.54 Å². The molecule has 9 nitrogen and oxygen atoms in total. The number of aromatic nitrogens is 2. The fourth-order valence-corrected chi connectivity index (χ4v) is 3.92. The number of aliphatic imine (C=N–C) groups is 2. The summed E-state index contributed by atoms with van der Waals surface area (Å²) in [7, 11) is 1.82. The number of nitrogens with zero attached hydrogens (tertiary/aromatic N) is 6. The molecule has 4 atom stereocenters. The number of rotatable bonds is 4. The van der Waals surface area contributed by atoms with E-state index in [1.165, 1.54) is 16.8 Å². The number of carbonyl (C=O) groups excluding carboxylic acids is 1. The number of aryl methyl sites for hydroxylation is 1. The van der Waals surface area contributed by atoms with Crippen LogP contribution < -0.4 is 0 Å². The highest BCUT2D eigenvalue weighted by Gasteiger charge is 2.40. The molecule has 2 unspecified atom stereocenters. The minimum atomic E-state index is -0.402. The molecule has 1 amide bonds. The van der Waals surface area contributed by atoms with Gasteiger partial charge in [-0.05, 0) is 18.9 Å². The lowest BCUT2D eigenvalue weighted by Crippen LogP contribution is -2.51. The van der Waals surface area contributed by atoms with E-state index in [2.05, 4.69) is 51.3 Å². The fraction of sp³-hybridized carbons (Fsp3) is 0.450. The zero-order valence-corrected chi connectivity index (χ0v) is 16.3. The zero-order valence-electron chi connectivity index (χ0n) is 16.3. The molecule has 1 aromatic heterocycles.